The maximum absolute atomic E-state index is 3.91. The first kappa shape index (κ1) is 15.7. The Balaban J connectivity index is 1.99. The molecule has 0 spiro atoms. The first-order chi connectivity index (χ1) is 12.2. The molecule has 25 heavy (non-hydrogen) atoms. The molecular weight excluding hydrogens is 304 g/mol. The van der Waals surface area contributed by atoms with Gasteiger partial charge in [0.25, 0.3) is 0 Å². The summed E-state index contributed by atoms with van der Waals surface area (Å²) in [5.41, 5.74) is 6.25. The molecule has 2 aliphatic heterocycles. The number of nitrogens with zero attached hydrogens (tertiary/aromatic N) is 1. The molecule has 2 nitrogen and oxygen atoms in total. The van der Waals surface area contributed by atoms with E-state index in [1.165, 1.54) is 33.1 Å². The summed E-state index contributed by atoms with van der Waals surface area (Å²) >= 11 is 0. The lowest BCUT2D eigenvalue weighted by Crippen LogP contribution is -2.48. The van der Waals surface area contributed by atoms with Crippen LogP contribution in [0.1, 0.15) is 18.1 Å². The number of benzene rings is 2. The predicted octanol–water partition coefficient (Wildman–Crippen LogP) is 3.84. The van der Waals surface area contributed by atoms with Crippen molar-refractivity contribution in [3.63, 3.8) is 0 Å². The zero-order valence-corrected chi connectivity index (χ0v) is 14.8. The lowest BCUT2D eigenvalue weighted by atomic mass is 9.98. The molecule has 0 saturated carbocycles. The Bertz CT molecular complexity index is 1040. The van der Waals surface area contributed by atoms with Crippen LogP contribution in [0.5, 0.6) is 0 Å². The number of nitrogens with one attached hydrogen (secondary N) is 1. The summed E-state index contributed by atoms with van der Waals surface area (Å²) in [4.78, 5) is 0. The summed E-state index contributed by atoms with van der Waals surface area (Å²) in [5.74, 6) is 0. The SMILES string of the molecule is C=Cc1cccc(C2=CC=c3ccc4c(c3[N+]2(C)CC)NC=CC=4)c1. The van der Waals surface area contributed by atoms with Gasteiger partial charge in [0.2, 0.25) is 0 Å². The molecule has 0 amide bonds. The molecule has 2 heteroatoms. The smallest absolute Gasteiger partial charge is 0.169 e. The van der Waals surface area contributed by atoms with Gasteiger partial charge in [-0.15, -0.1) is 0 Å². The lowest BCUT2D eigenvalue weighted by molar-refractivity contribution is 0.488. The Labute approximate surface area is 149 Å². The van der Waals surface area contributed by atoms with E-state index >= 15 is 0 Å². The van der Waals surface area contributed by atoms with Gasteiger partial charge in [-0.3, -0.25) is 4.48 Å². The highest BCUT2D eigenvalue weighted by Crippen LogP contribution is 2.37. The molecule has 0 saturated heterocycles. The highest BCUT2D eigenvalue weighted by molar-refractivity contribution is 5.89. The second-order valence-electron chi connectivity index (χ2n) is 6.69. The van der Waals surface area contributed by atoms with Crippen LogP contribution < -0.4 is 20.2 Å². The van der Waals surface area contributed by atoms with E-state index in [-0.39, 0.29) is 0 Å². The van der Waals surface area contributed by atoms with Gasteiger partial charge in [-0.25, -0.2) is 0 Å². The van der Waals surface area contributed by atoms with E-state index in [1.54, 1.807) is 0 Å². The molecule has 2 aromatic carbocycles. The van der Waals surface area contributed by atoms with E-state index in [9.17, 15) is 0 Å². The van der Waals surface area contributed by atoms with Crippen LogP contribution in [0.25, 0.3) is 23.9 Å². The van der Waals surface area contributed by atoms with Crippen LogP contribution in [-0.2, 0) is 0 Å². The number of allylic oxidation sites excluding steroid dienone is 2. The van der Waals surface area contributed by atoms with Gasteiger partial charge in [0.15, 0.2) is 5.69 Å². The number of hydrogen-bond acceptors (Lipinski definition) is 1. The van der Waals surface area contributed by atoms with Crippen LogP contribution in [0.2, 0.25) is 0 Å². The fraction of sp³-hybridized carbons (Fsp3) is 0.130. The minimum atomic E-state index is 0.768. The second-order valence-corrected chi connectivity index (χ2v) is 6.69. The first-order valence-corrected chi connectivity index (χ1v) is 8.75. The predicted molar refractivity (Wildman–Crippen MR) is 110 cm³/mol. The monoisotopic (exact) mass is 327 g/mol. The number of rotatable bonds is 3. The van der Waals surface area contributed by atoms with E-state index in [1.807, 2.05) is 12.3 Å². The highest BCUT2D eigenvalue weighted by Gasteiger charge is 2.35. The summed E-state index contributed by atoms with van der Waals surface area (Å²) in [6.45, 7) is 7.14. The van der Waals surface area contributed by atoms with Crippen molar-refractivity contribution < 1.29 is 0 Å². The number of hydrogen-bond donors (Lipinski definition) is 1. The topological polar surface area (TPSA) is 12.0 Å². The van der Waals surface area contributed by atoms with Crippen LogP contribution in [0, 0.1) is 0 Å². The molecule has 1 atom stereocenters. The molecule has 0 aliphatic carbocycles. The Hall–Kier alpha value is -2.84. The van der Waals surface area contributed by atoms with Crippen molar-refractivity contribution in [2.24, 2.45) is 0 Å². The molecular formula is C23H23N2+. The van der Waals surface area contributed by atoms with Gasteiger partial charge >= 0.3 is 0 Å². The summed E-state index contributed by atoms with van der Waals surface area (Å²) in [5, 5.41) is 6.01. The quantitative estimate of drug-likeness (QED) is 0.845. The average molecular weight is 327 g/mol. The minimum Gasteiger partial charge on any atom is -0.356 e. The van der Waals surface area contributed by atoms with E-state index in [2.05, 4.69) is 86.6 Å². The van der Waals surface area contributed by atoms with E-state index < -0.39 is 0 Å². The molecule has 2 aromatic rings. The summed E-state index contributed by atoms with van der Waals surface area (Å²) < 4.78 is 0.768. The zero-order chi connectivity index (χ0) is 17.4. The minimum absolute atomic E-state index is 0.768. The van der Waals surface area contributed by atoms with Gasteiger partial charge < -0.3 is 5.32 Å². The molecule has 0 fully saturated rings. The van der Waals surface area contributed by atoms with Gasteiger partial charge in [0.1, 0.15) is 11.4 Å². The van der Waals surface area contributed by atoms with Crippen molar-refractivity contribution in [2.75, 3.05) is 18.9 Å². The van der Waals surface area contributed by atoms with Gasteiger partial charge in [-0.2, -0.15) is 0 Å². The normalized spacial score (nSPS) is 20.3. The van der Waals surface area contributed by atoms with E-state index in [0.29, 0.717) is 0 Å². The Morgan fingerprint density at radius 1 is 1.08 bits per heavy atom. The van der Waals surface area contributed by atoms with Crippen molar-refractivity contribution in [1.82, 2.24) is 4.48 Å². The molecule has 2 aliphatic rings. The molecule has 124 valence electrons. The second kappa shape index (κ2) is 5.91. The Morgan fingerprint density at radius 3 is 2.72 bits per heavy atom. The van der Waals surface area contributed by atoms with Crippen molar-refractivity contribution in [3.8, 4) is 0 Å². The largest absolute Gasteiger partial charge is 0.356 e. The average Bonchev–Trinajstić information content (AvgIpc) is 2.67. The van der Waals surface area contributed by atoms with Crippen molar-refractivity contribution in [2.45, 2.75) is 6.92 Å². The molecule has 4 rings (SSSR count). The van der Waals surface area contributed by atoms with E-state index in [0.717, 1.165) is 16.6 Å². The molecule has 0 bridgehead atoms. The van der Waals surface area contributed by atoms with Gasteiger partial charge in [0, 0.05) is 28.3 Å². The maximum Gasteiger partial charge on any atom is 0.169 e. The molecule has 1 N–H and O–H groups in total. The lowest BCUT2D eigenvalue weighted by Gasteiger charge is -2.38. The molecule has 2 heterocycles. The van der Waals surface area contributed by atoms with E-state index in [4.69, 9.17) is 0 Å². The maximum atomic E-state index is 3.91. The van der Waals surface area contributed by atoms with Gasteiger partial charge in [-0.05, 0) is 42.8 Å². The van der Waals surface area contributed by atoms with Crippen LogP contribution in [-0.4, -0.2) is 13.6 Å². The number of anilines is 1. The number of quaternary nitrogens is 1. The third-order valence-electron chi connectivity index (χ3n) is 5.34. The van der Waals surface area contributed by atoms with Crippen molar-refractivity contribution in [1.29, 1.82) is 0 Å². The fourth-order valence-electron chi connectivity index (χ4n) is 3.85. The van der Waals surface area contributed by atoms with Crippen molar-refractivity contribution in [3.05, 3.63) is 82.9 Å². The number of fused-ring (bicyclic) bond motifs is 3. The zero-order valence-electron chi connectivity index (χ0n) is 14.8. The third-order valence-corrected chi connectivity index (χ3v) is 5.34. The summed E-state index contributed by atoms with van der Waals surface area (Å²) in [6.07, 6.45) is 12.7. The standard InChI is InChI=1S/C23H23N2/c1-4-17-8-6-9-20(16-17)21-14-13-19-12-11-18-10-7-15-24-22(18)23(19)25(21,3)5-2/h4,6-16,24H,1,5H2,2-3H3/q+1. The Kier molecular flexibility index (Phi) is 3.70. The van der Waals surface area contributed by atoms with Crippen molar-refractivity contribution >= 4 is 35.3 Å². The fourth-order valence-corrected chi connectivity index (χ4v) is 3.85. The highest BCUT2D eigenvalue weighted by atomic mass is 15.4. The Morgan fingerprint density at radius 2 is 1.92 bits per heavy atom. The third kappa shape index (κ3) is 2.38. The van der Waals surface area contributed by atoms with Gasteiger partial charge in [-0.1, -0.05) is 36.9 Å². The van der Waals surface area contributed by atoms with Crippen LogP contribution >= 0.6 is 0 Å². The molecule has 1 unspecified atom stereocenters. The van der Waals surface area contributed by atoms with Crippen LogP contribution in [0.4, 0.5) is 11.4 Å². The molecule has 0 aromatic heterocycles. The van der Waals surface area contributed by atoms with Crippen LogP contribution in [0.15, 0.2) is 61.3 Å². The van der Waals surface area contributed by atoms with Crippen LogP contribution in [0.3, 0.4) is 0 Å². The molecule has 0 radical (unpaired) electrons. The summed E-state index contributed by atoms with van der Waals surface area (Å²) in [6, 6.07) is 13.0. The first-order valence-electron chi connectivity index (χ1n) is 8.75. The summed E-state index contributed by atoms with van der Waals surface area (Å²) in [7, 11) is 2.30. The van der Waals surface area contributed by atoms with Gasteiger partial charge in [0.05, 0.1) is 13.6 Å².